The van der Waals surface area contributed by atoms with Gasteiger partial charge in [0.05, 0.1) is 5.69 Å². The summed E-state index contributed by atoms with van der Waals surface area (Å²) >= 11 is 6.12. The highest BCUT2D eigenvalue weighted by atomic mass is 32.2. The second-order valence-corrected chi connectivity index (χ2v) is 7.47. The van der Waals surface area contributed by atoms with Gasteiger partial charge in [-0.1, -0.05) is 20.8 Å². The van der Waals surface area contributed by atoms with Crippen molar-refractivity contribution in [2.45, 2.75) is 36.7 Å². The molecule has 0 saturated carbocycles. The summed E-state index contributed by atoms with van der Waals surface area (Å²) in [5, 5.41) is 9.21. The molecule has 4 nitrogen and oxygen atoms in total. The third-order valence-electron chi connectivity index (χ3n) is 3.02. The maximum atomic E-state index is 11.0. The van der Waals surface area contributed by atoms with E-state index in [1.54, 1.807) is 25.0 Å². The minimum absolute atomic E-state index is 0.0138. The number of thioether (sulfide) groups is 1. The molecule has 1 N–H and O–H groups in total. The zero-order chi connectivity index (χ0) is 15.3. The molecule has 6 heteroatoms. The molecule has 0 aliphatic heterocycles. The van der Waals surface area contributed by atoms with Gasteiger partial charge in [-0.15, -0.1) is 24.4 Å². The zero-order valence-electron chi connectivity index (χ0n) is 12.3. The molecule has 112 valence electrons. The van der Waals surface area contributed by atoms with Crippen LogP contribution in [-0.4, -0.2) is 39.9 Å². The van der Waals surface area contributed by atoms with Crippen LogP contribution < -0.4 is 0 Å². The molecule has 1 rings (SSSR count). The van der Waals surface area contributed by atoms with Gasteiger partial charge in [0.1, 0.15) is 0 Å². The molecule has 1 amide bonds. The molecule has 0 aliphatic carbocycles. The number of hydrogen-bond donors (Lipinski definition) is 2. The Balaban J connectivity index is 2.71. The molecular formula is C14H22N2O2S2. The van der Waals surface area contributed by atoms with E-state index < -0.39 is 6.09 Å². The molecule has 0 saturated heterocycles. The van der Waals surface area contributed by atoms with Gasteiger partial charge in [-0.05, 0) is 17.5 Å². The van der Waals surface area contributed by atoms with E-state index in [-0.39, 0.29) is 10.7 Å². The van der Waals surface area contributed by atoms with E-state index in [2.05, 4.69) is 38.4 Å². The number of thiol groups is 1. The molecule has 20 heavy (non-hydrogen) atoms. The van der Waals surface area contributed by atoms with Gasteiger partial charge in [0, 0.05) is 35.7 Å². The third kappa shape index (κ3) is 5.25. The first-order valence-corrected chi connectivity index (χ1v) is 7.90. The Morgan fingerprint density at radius 3 is 2.70 bits per heavy atom. The number of carboxylic acid groups (broad SMARTS) is 1. The number of pyridine rings is 1. The van der Waals surface area contributed by atoms with Gasteiger partial charge in [-0.3, -0.25) is 4.98 Å². The van der Waals surface area contributed by atoms with Crippen molar-refractivity contribution in [2.24, 2.45) is 5.41 Å². The van der Waals surface area contributed by atoms with Crippen molar-refractivity contribution in [2.75, 3.05) is 13.6 Å². The molecule has 0 aliphatic rings. The maximum absolute atomic E-state index is 11.0. The smallest absolute Gasteiger partial charge is 0.407 e. The van der Waals surface area contributed by atoms with Gasteiger partial charge >= 0.3 is 6.09 Å². The highest BCUT2D eigenvalue weighted by Gasteiger charge is 2.27. The summed E-state index contributed by atoms with van der Waals surface area (Å²) in [5.74, 6) is 0.731. The van der Waals surface area contributed by atoms with Crippen LogP contribution in [0.2, 0.25) is 0 Å². The van der Waals surface area contributed by atoms with Crippen LogP contribution in [0.25, 0.3) is 0 Å². The predicted octanol–water partition coefficient (Wildman–Crippen LogP) is 3.63. The van der Waals surface area contributed by atoms with Crippen molar-refractivity contribution in [3.05, 3.63) is 24.0 Å². The summed E-state index contributed by atoms with van der Waals surface area (Å²) in [7, 11) is 1.60. The largest absolute Gasteiger partial charge is 0.465 e. The van der Waals surface area contributed by atoms with E-state index >= 15 is 0 Å². The highest BCUT2D eigenvalue weighted by molar-refractivity contribution is 7.99. The Morgan fingerprint density at radius 1 is 1.55 bits per heavy atom. The Kier molecular flexibility index (Phi) is 6.20. The molecule has 1 heterocycles. The van der Waals surface area contributed by atoms with Crippen LogP contribution in [0.5, 0.6) is 0 Å². The van der Waals surface area contributed by atoms with E-state index in [4.69, 9.17) is 5.11 Å². The molecule has 1 atom stereocenters. The summed E-state index contributed by atoms with van der Waals surface area (Å²) in [5.41, 5.74) is 0.952. The predicted molar refractivity (Wildman–Crippen MR) is 86.7 cm³/mol. The average Bonchev–Trinajstić information content (AvgIpc) is 2.34. The van der Waals surface area contributed by atoms with E-state index in [0.717, 1.165) is 16.3 Å². The minimum Gasteiger partial charge on any atom is -0.465 e. The number of amides is 1. The van der Waals surface area contributed by atoms with Crippen LogP contribution in [0.3, 0.4) is 0 Å². The Labute approximate surface area is 130 Å². The van der Waals surface area contributed by atoms with Crippen LogP contribution in [0.1, 0.15) is 26.5 Å². The van der Waals surface area contributed by atoms with Crippen molar-refractivity contribution in [1.82, 2.24) is 9.88 Å². The van der Waals surface area contributed by atoms with Crippen LogP contribution in [0.15, 0.2) is 23.2 Å². The number of nitrogens with zero attached hydrogens (tertiary/aromatic N) is 2. The zero-order valence-corrected chi connectivity index (χ0v) is 14.0. The van der Waals surface area contributed by atoms with Crippen LogP contribution >= 0.6 is 24.4 Å². The van der Waals surface area contributed by atoms with Crippen molar-refractivity contribution < 1.29 is 9.90 Å². The lowest BCUT2D eigenvalue weighted by Gasteiger charge is -2.32. The Morgan fingerprint density at radius 2 is 2.20 bits per heavy atom. The monoisotopic (exact) mass is 314 g/mol. The van der Waals surface area contributed by atoms with E-state index in [0.29, 0.717) is 6.54 Å². The van der Waals surface area contributed by atoms with Crippen LogP contribution in [0.4, 0.5) is 4.79 Å². The quantitative estimate of drug-likeness (QED) is 0.815. The van der Waals surface area contributed by atoms with Crippen LogP contribution in [0, 0.1) is 5.41 Å². The summed E-state index contributed by atoms with van der Waals surface area (Å²) in [6, 6.07) is 3.78. The molecule has 0 radical (unpaired) electrons. The average molecular weight is 314 g/mol. The van der Waals surface area contributed by atoms with Crippen LogP contribution in [-0.2, 0) is 5.75 Å². The van der Waals surface area contributed by atoms with Crippen molar-refractivity contribution in [3.8, 4) is 0 Å². The molecule has 0 fully saturated rings. The normalized spacial score (nSPS) is 13.1. The second kappa shape index (κ2) is 7.22. The molecule has 1 aromatic heterocycles. The fraction of sp³-hybridized carbons (Fsp3) is 0.571. The first kappa shape index (κ1) is 17.2. The van der Waals surface area contributed by atoms with Gasteiger partial charge in [0.25, 0.3) is 0 Å². The van der Waals surface area contributed by atoms with Crippen molar-refractivity contribution in [1.29, 1.82) is 0 Å². The van der Waals surface area contributed by atoms with E-state index in [9.17, 15) is 4.79 Å². The molecule has 0 bridgehead atoms. The fourth-order valence-corrected chi connectivity index (χ4v) is 3.37. The lowest BCUT2D eigenvalue weighted by molar-refractivity contribution is 0.151. The second-order valence-electron chi connectivity index (χ2n) is 5.80. The summed E-state index contributed by atoms with van der Waals surface area (Å²) < 4.78 is 0. The van der Waals surface area contributed by atoms with Crippen molar-refractivity contribution in [3.63, 3.8) is 0 Å². The minimum atomic E-state index is -0.896. The van der Waals surface area contributed by atoms with Gasteiger partial charge in [-0.25, -0.2) is 4.79 Å². The van der Waals surface area contributed by atoms with E-state index in [1.165, 1.54) is 4.90 Å². The maximum Gasteiger partial charge on any atom is 0.407 e. The first-order chi connectivity index (χ1) is 9.21. The summed E-state index contributed by atoms with van der Waals surface area (Å²) in [6.07, 6.45) is 0.859. The van der Waals surface area contributed by atoms with Gasteiger partial charge < -0.3 is 10.0 Å². The highest BCUT2D eigenvalue weighted by Crippen LogP contribution is 2.33. The lowest BCUT2D eigenvalue weighted by Crippen LogP contribution is -2.38. The third-order valence-corrected chi connectivity index (χ3v) is 5.13. The fourth-order valence-electron chi connectivity index (χ4n) is 1.62. The standard InChI is InChI=1S/C14H22N2O2S2/c1-14(2,3)12(8-16(4)13(17)18)20-9-10-11(19)6-5-7-15-10/h5-7,12,19H,8-9H2,1-4H3,(H,17,18). The van der Waals surface area contributed by atoms with E-state index in [1.807, 2.05) is 12.1 Å². The number of hydrogen-bond acceptors (Lipinski definition) is 4. The molecule has 1 unspecified atom stereocenters. The van der Waals surface area contributed by atoms with Crippen molar-refractivity contribution >= 4 is 30.5 Å². The Bertz CT molecular complexity index is 461. The summed E-state index contributed by atoms with van der Waals surface area (Å²) in [6.45, 7) is 6.87. The Hall–Kier alpha value is -0.880. The van der Waals surface area contributed by atoms with Gasteiger partial charge in [0.15, 0.2) is 0 Å². The van der Waals surface area contributed by atoms with Gasteiger partial charge in [0.2, 0.25) is 0 Å². The molecule has 0 aromatic carbocycles. The SMILES string of the molecule is CN(CC(SCc1ncccc1S)C(C)(C)C)C(=O)O. The lowest BCUT2D eigenvalue weighted by atomic mass is 9.91. The summed E-state index contributed by atoms with van der Waals surface area (Å²) in [4.78, 5) is 17.5. The number of aromatic nitrogens is 1. The molecule has 0 spiro atoms. The topological polar surface area (TPSA) is 53.4 Å². The number of rotatable bonds is 5. The number of carbonyl (C=O) groups is 1. The molecule has 1 aromatic rings. The first-order valence-electron chi connectivity index (χ1n) is 6.40. The molecular weight excluding hydrogens is 292 g/mol. The van der Waals surface area contributed by atoms with Gasteiger partial charge in [-0.2, -0.15) is 0 Å².